The Labute approximate surface area is 224 Å². The summed E-state index contributed by atoms with van der Waals surface area (Å²) in [6.07, 6.45) is -2.53. The predicted octanol–water partition coefficient (Wildman–Crippen LogP) is 2.56. The van der Waals surface area contributed by atoms with E-state index in [0.717, 1.165) is 10.6 Å². The van der Waals surface area contributed by atoms with Gasteiger partial charge in [-0.2, -0.15) is 5.09 Å². The second-order valence-corrected chi connectivity index (χ2v) is 12.9. The number of benzene rings is 1. The Morgan fingerprint density at radius 1 is 1.29 bits per heavy atom. The number of carbonyl (C=O) groups excluding carboxylic acids is 1. The molecule has 0 radical (unpaired) electrons. The fourth-order valence-electron chi connectivity index (χ4n) is 3.55. The number of aliphatic hydroxyl groups is 1. The van der Waals surface area contributed by atoms with Gasteiger partial charge in [-0.05, 0) is 31.4 Å². The van der Waals surface area contributed by atoms with Gasteiger partial charge >= 0.3 is 19.4 Å². The monoisotopic (exact) mass is 573 g/mol. The number of nitrogens with zero attached hydrogens (tertiary/aromatic N) is 1. The summed E-state index contributed by atoms with van der Waals surface area (Å²) in [6, 6.07) is 8.20. The van der Waals surface area contributed by atoms with Crippen LogP contribution in [-0.4, -0.2) is 57.0 Å². The molecular weight excluding hydrogens is 541 g/mol. The number of alkyl halides is 1. The first-order chi connectivity index (χ1) is 17.6. The number of para-hydroxylation sites is 1. The van der Waals surface area contributed by atoms with E-state index in [4.69, 9.17) is 30.1 Å². The smallest absolute Gasteiger partial charge is 0.459 e. The first-order valence-electron chi connectivity index (χ1n) is 11.9. The Morgan fingerprint density at radius 2 is 1.95 bits per heavy atom. The van der Waals surface area contributed by atoms with Crippen LogP contribution in [-0.2, 0) is 23.4 Å². The molecule has 2 heterocycles. The molecule has 14 heteroatoms. The minimum atomic E-state index is -4.25. The van der Waals surface area contributed by atoms with Crippen LogP contribution in [0.3, 0.4) is 0 Å². The number of nitrogens with one attached hydrogen (secondary N) is 2. The first kappa shape index (κ1) is 30.1. The predicted molar refractivity (Wildman–Crippen MR) is 139 cm³/mol. The van der Waals surface area contributed by atoms with Crippen LogP contribution in [0.15, 0.2) is 52.2 Å². The quantitative estimate of drug-likeness (QED) is 0.219. The Bertz CT molecular complexity index is 1280. The van der Waals surface area contributed by atoms with E-state index >= 15 is 0 Å². The van der Waals surface area contributed by atoms with Gasteiger partial charge in [0.2, 0.25) is 0 Å². The van der Waals surface area contributed by atoms with E-state index in [-0.39, 0.29) is 17.8 Å². The number of halogens is 1. The van der Waals surface area contributed by atoms with E-state index in [1.165, 1.54) is 20.0 Å². The molecule has 1 aromatic carbocycles. The first-order valence-corrected chi connectivity index (χ1v) is 13.8. The summed E-state index contributed by atoms with van der Waals surface area (Å²) in [7, 11) is -4.25. The maximum absolute atomic E-state index is 13.7. The molecule has 3 N–H and O–H groups in total. The summed E-state index contributed by atoms with van der Waals surface area (Å²) < 4.78 is 37.1. The van der Waals surface area contributed by atoms with Crippen molar-refractivity contribution in [3.05, 3.63) is 63.4 Å². The molecule has 1 aromatic heterocycles. The van der Waals surface area contributed by atoms with Crippen LogP contribution >= 0.6 is 19.3 Å². The summed E-state index contributed by atoms with van der Waals surface area (Å²) in [5, 5.41) is 13.4. The van der Waals surface area contributed by atoms with Gasteiger partial charge in [0, 0.05) is 12.3 Å². The molecule has 0 spiro atoms. The molecule has 1 saturated heterocycles. The zero-order chi connectivity index (χ0) is 28.3. The lowest BCUT2D eigenvalue weighted by Gasteiger charge is -2.26. The topological polar surface area (TPSA) is 158 Å². The van der Waals surface area contributed by atoms with E-state index in [0.29, 0.717) is 0 Å². The average Bonchev–Trinajstić information content (AvgIpc) is 3.04. The molecule has 1 unspecified atom stereocenters. The van der Waals surface area contributed by atoms with Crippen molar-refractivity contribution in [3.8, 4) is 5.75 Å². The number of aromatic amines is 1. The highest BCUT2D eigenvalue weighted by molar-refractivity contribution is 7.52. The molecule has 1 fully saturated rings. The molecule has 0 aliphatic carbocycles. The second-order valence-electron chi connectivity index (χ2n) is 10.4. The lowest BCUT2D eigenvalue weighted by Crippen LogP contribution is -2.43. The molecule has 2 aromatic rings. The van der Waals surface area contributed by atoms with Gasteiger partial charge in [0.15, 0.2) is 6.23 Å². The van der Waals surface area contributed by atoms with Crippen LogP contribution in [0, 0.1) is 5.41 Å². The highest BCUT2D eigenvalue weighted by Gasteiger charge is 2.54. The van der Waals surface area contributed by atoms with Gasteiger partial charge < -0.3 is 19.1 Å². The molecule has 12 nitrogen and oxygen atoms in total. The highest BCUT2D eigenvalue weighted by Crippen LogP contribution is 2.48. The summed E-state index contributed by atoms with van der Waals surface area (Å²) in [5.41, 5.74) is -1.67. The number of ether oxygens (including phenoxy) is 2. The lowest BCUT2D eigenvalue weighted by molar-refractivity contribution is -0.148. The van der Waals surface area contributed by atoms with Crippen molar-refractivity contribution in [3.63, 3.8) is 0 Å². The highest BCUT2D eigenvalue weighted by atomic mass is 35.5. The van der Waals surface area contributed by atoms with Crippen LogP contribution < -0.4 is 20.9 Å². The van der Waals surface area contributed by atoms with E-state index in [9.17, 15) is 24.1 Å². The minimum absolute atomic E-state index is 0.143. The Morgan fingerprint density at radius 3 is 2.55 bits per heavy atom. The van der Waals surface area contributed by atoms with Gasteiger partial charge in [-0.1, -0.05) is 39.0 Å². The van der Waals surface area contributed by atoms with E-state index in [1.54, 1.807) is 30.3 Å². The summed E-state index contributed by atoms with van der Waals surface area (Å²) in [5.74, 6) is -0.463. The van der Waals surface area contributed by atoms with Crippen molar-refractivity contribution in [1.29, 1.82) is 0 Å². The standard InChI is InChI=1S/C24H33ClN3O9P/c1-15(20(31)34-14-23(2,3)4)27-38(33,37-16-9-7-6-8-10-16)35-13-17-19(30)24(5,25)21(36-17)28-12-11-18(29)26-22(28)32/h6-12,15,17,19,21,30H,13-14H2,1-5H3,(H,27,33)(H,26,29,32)/t15-,17+,19+,21+,24+,38?/m0/s1. The third-order valence-corrected chi connectivity index (χ3v) is 7.61. The zero-order valence-corrected chi connectivity index (χ0v) is 23.4. The van der Waals surface area contributed by atoms with Crippen LogP contribution in [0.1, 0.15) is 40.8 Å². The fraction of sp³-hybridized carbons (Fsp3) is 0.542. The molecule has 0 saturated carbocycles. The van der Waals surface area contributed by atoms with Crippen LogP contribution in [0.5, 0.6) is 5.75 Å². The number of aromatic nitrogens is 2. The number of H-pyrrole nitrogens is 1. The van der Waals surface area contributed by atoms with Crippen LogP contribution in [0.2, 0.25) is 0 Å². The molecule has 1 aliphatic heterocycles. The largest absolute Gasteiger partial charge is 0.464 e. The number of rotatable bonds is 10. The average molecular weight is 574 g/mol. The molecule has 3 rings (SSSR count). The Kier molecular flexibility index (Phi) is 9.28. The SMILES string of the molecule is C[C@H](NP(=O)(OC[C@H]1O[C@@H](n2ccc(=O)[nH]c2=O)[C@](C)(Cl)[C@@H]1O)Oc1ccccc1)C(=O)OCC(C)(C)C. The van der Waals surface area contributed by atoms with Crippen molar-refractivity contribution in [2.45, 2.75) is 64.0 Å². The van der Waals surface area contributed by atoms with Gasteiger partial charge in [0.25, 0.3) is 5.56 Å². The van der Waals surface area contributed by atoms with Crippen molar-refractivity contribution in [1.82, 2.24) is 14.6 Å². The maximum Gasteiger partial charge on any atom is 0.459 e. The van der Waals surface area contributed by atoms with E-state index in [1.807, 2.05) is 20.8 Å². The lowest BCUT2D eigenvalue weighted by atomic mass is 9.99. The van der Waals surface area contributed by atoms with Gasteiger partial charge in [-0.3, -0.25) is 23.7 Å². The number of esters is 1. The second kappa shape index (κ2) is 11.7. The maximum atomic E-state index is 13.7. The molecule has 0 amide bonds. The summed E-state index contributed by atoms with van der Waals surface area (Å²) in [6.45, 7) is 8.26. The van der Waals surface area contributed by atoms with Gasteiger partial charge in [0.1, 0.15) is 28.9 Å². The summed E-state index contributed by atoms with van der Waals surface area (Å²) >= 11 is 6.54. The third-order valence-electron chi connectivity index (χ3n) is 5.55. The molecule has 38 heavy (non-hydrogen) atoms. The minimum Gasteiger partial charge on any atom is -0.464 e. The van der Waals surface area contributed by atoms with Crippen LogP contribution in [0.4, 0.5) is 0 Å². The van der Waals surface area contributed by atoms with Gasteiger partial charge in [0.05, 0.1) is 13.2 Å². The molecular formula is C24H33ClN3O9P. The number of hydrogen-bond donors (Lipinski definition) is 3. The van der Waals surface area contributed by atoms with Crippen LogP contribution in [0.25, 0.3) is 0 Å². The Hall–Kier alpha value is -2.47. The Balaban J connectivity index is 1.78. The molecule has 6 atom stereocenters. The van der Waals surface area contributed by atoms with Crippen molar-refractivity contribution in [2.24, 2.45) is 5.41 Å². The van der Waals surface area contributed by atoms with E-state index in [2.05, 4.69) is 10.1 Å². The molecule has 210 valence electrons. The third kappa shape index (κ3) is 7.56. The van der Waals surface area contributed by atoms with Crippen molar-refractivity contribution >= 4 is 25.3 Å². The number of carbonyl (C=O) groups is 1. The van der Waals surface area contributed by atoms with E-state index < -0.39 is 60.9 Å². The zero-order valence-electron chi connectivity index (χ0n) is 21.8. The van der Waals surface area contributed by atoms with Gasteiger partial charge in [-0.15, -0.1) is 11.6 Å². The molecule has 1 aliphatic rings. The summed E-state index contributed by atoms with van der Waals surface area (Å²) in [4.78, 5) is 36.8. The normalized spacial score (nSPS) is 25.9. The van der Waals surface area contributed by atoms with Crippen molar-refractivity contribution in [2.75, 3.05) is 13.2 Å². The van der Waals surface area contributed by atoms with Crippen molar-refractivity contribution < 1.29 is 33.0 Å². The fourth-order valence-corrected chi connectivity index (χ4v) is 5.35. The van der Waals surface area contributed by atoms with Gasteiger partial charge in [-0.25, -0.2) is 9.36 Å². The molecule has 0 bridgehead atoms. The number of aliphatic hydroxyl groups excluding tert-OH is 1. The number of hydrogen-bond acceptors (Lipinski definition) is 9.